The molecule has 0 saturated heterocycles. The fraction of sp³-hybridized carbons (Fsp3) is 0.423. The molecule has 0 bridgehead atoms. The van der Waals surface area contributed by atoms with E-state index in [0.717, 1.165) is 28.0 Å². The van der Waals surface area contributed by atoms with Gasteiger partial charge in [-0.25, -0.2) is 4.79 Å². The van der Waals surface area contributed by atoms with Crippen molar-refractivity contribution in [3.63, 3.8) is 0 Å². The number of aliphatic hydroxyl groups is 1. The van der Waals surface area contributed by atoms with Gasteiger partial charge in [0.1, 0.15) is 17.4 Å². The van der Waals surface area contributed by atoms with Crippen LogP contribution in [0.4, 0.5) is 0 Å². The van der Waals surface area contributed by atoms with E-state index in [2.05, 4.69) is 38.1 Å². The van der Waals surface area contributed by atoms with E-state index in [0.29, 0.717) is 12.0 Å². The summed E-state index contributed by atoms with van der Waals surface area (Å²) >= 11 is 1.75. The quantitative estimate of drug-likeness (QED) is 0.415. The molecule has 0 aliphatic carbocycles. The van der Waals surface area contributed by atoms with Crippen molar-refractivity contribution in [3.8, 4) is 0 Å². The molecule has 2 atom stereocenters. The van der Waals surface area contributed by atoms with Crippen LogP contribution in [0, 0.1) is 33.6 Å². The van der Waals surface area contributed by atoms with E-state index in [1.54, 1.807) is 11.8 Å². The molecule has 0 radical (unpaired) electrons. The number of rotatable bonds is 5. The highest BCUT2D eigenvalue weighted by Crippen LogP contribution is 2.35. The van der Waals surface area contributed by atoms with Gasteiger partial charge < -0.3 is 9.84 Å². The topological polar surface area (TPSA) is 46.5 Å². The lowest BCUT2D eigenvalue weighted by Gasteiger charge is -2.29. The summed E-state index contributed by atoms with van der Waals surface area (Å²) in [6.45, 7) is 14.1. The lowest BCUT2D eigenvalue weighted by molar-refractivity contribution is -0.145. The molecule has 0 fully saturated rings. The largest absolute Gasteiger partial charge is 0.511 e. The molecule has 1 aliphatic rings. The van der Waals surface area contributed by atoms with Gasteiger partial charge in [0.25, 0.3) is 0 Å². The number of hydrogen-bond acceptors (Lipinski definition) is 4. The van der Waals surface area contributed by atoms with Crippen molar-refractivity contribution in [2.45, 2.75) is 65.9 Å². The summed E-state index contributed by atoms with van der Waals surface area (Å²) in [5, 5.41) is 10.7. The van der Waals surface area contributed by atoms with Gasteiger partial charge in [-0.2, -0.15) is 0 Å². The van der Waals surface area contributed by atoms with Crippen LogP contribution in [0.3, 0.4) is 0 Å². The van der Waals surface area contributed by atoms with Gasteiger partial charge in [0.15, 0.2) is 0 Å². The van der Waals surface area contributed by atoms with Crippen LogP contribution < -0.4 is 0 Å². The van der Waals surface area contributed by atoms with Crippen molar-refractivity contribution in [3.05, 3.63) is 70.0 Å². The minimum absolute atomic E-state index is 0.138. The molecular weight excluding hydrogens is 392 g/mol. The van der Waals surface area contributed by atoms with Gasteiger partial charge in [-0.1, -0.05) is 56.2 Å². The first kappa shape index (κ1) is 24.1. The smallest absolute Gasteiger partial charge is 0.342 e. The molecule has 2 aromatic carbocycles. The van der Waals surface area contributed by atoms with Crippen molar-refractivity contribution in [1.82, 2.24) is 0 Å². The second-order valence-electron chi connectivity index (χ2n) is 7.84. The maximum atomic E-state index is 12.8. The third kappa shape index (κ3) is 5.69. The molecule has 4 heteroatoms. The molecule has 162 valence electrons. The van der Waals surface area contributed by atoms with Gasteiger partial charge in [0, 0.05) is 23.0 Å². The number of carbonyl (C=O) groups is 1. The summed E-state index contributed by atoms with van der Waals surface area (Å²) in [5.74, 6) is 0.685. The molecule has 0 spiro atoms. The standard InChI is InChI=1S/C24H28O3S.C2H6/c1-14-6-8-19(9-7-14)28-13-18(5)21-12-20(25)23(24(26)27-21)22-16(3)10-15(2)11-17(22)4;1-2/h6-11,18,21,25H,12-13H2,1-5H3;1-2H3. The zero-order valence-corrected chi connectivity index (χ0v) is 20.0. The van der Waals surface area contributed by atoms with Crippen LogP contribution in [0.1, 0.15) is 55.0 Å². The Labute approximate surface area is 185 Å². The second-order valence-corrected chi connectivity index (χ2v) is 8.94. The summed E-state index contributed by atoms with van der Waals surface area (Å²) < 4.78 is 5.76. The van der Waals surface area contributed by atoms with Gasteiger partial charge in [-0.05, 0) is 56.5 Å². The second kappa shape index (κ2) is 10.7. The van der Waals surface area contributed by atoms with Crippen LogP contribution >= 0.6 is 11.8 Å². The first-order valence-electron chi connectivity index (χ1n) is 10.7. The van der Waals surface area contributed by atoms with E-state index in [9.17, 15) is 9.90 Å². The van der Waals surface area contributed by atoms with Gasteiger partial charge >= 0.3 is 5.97 Å². The molecule has 0 amide bonds. The number of benzene rings is 2. The molecule has 2 unspecified atom stereocenters. The van der Waals surface area contributed by atoms with E-state index in [4.69, 9.17) is 4.74 Å². The molecule has 2 aromatic rings. The Morgan fingerprint density at radius 2 is 1.60 bits per heavy atom. The maximum Gasteiger partial charge on any atom is 0.342 e. The Balaban J connectivity index is 0.00000155. The third-order valence-corrected chi connectivity index (χ3v) is 6.54. The number of thioether (sulfide) groups is 1. The molecule has 30 heavy (non-hydrogen) atoms. The molecule has 0 aromatic heterocycles. The van der Waals surface area contributed by atoms with Crippen molar-refractivity contribution >= 4 is 23.3 Å². The number of hydrogen-bond donors (Lipinski definition) is 1. The minimum atomic E-state index is -0.420. The average Bonchev–Trinajstić information content (AvgIpc) is 2.70. The van der Waals surface area contributed by atoms with Crippen molar-refractivity contribution < 1.29 is 14.6 Å². The van der Waals surface area contributed by atoms with E-state index < -0.39 is 5.97 Å². The summed E-state index contributed by atoms with van der Waals surface area (Å²) in [6.07, 6.45) is 0.0592. The highest BCUT2D eigenvalue weighted by atomic mass is 32.2. The summed E-state index contributed by atoms with van der Waals surface area (Å²) in [4.78, 5) is 14.0. The number of ether oxygens (including phenoxy) is 1. The molecule has 0 saturated carbocycles. The molecular formula is C26H34O3S. The average molecular weight is 427 g/mol. The van der Waals surface area contributed by atoms with E-state index in [1.807, 2.05) is 46.8 Å². The van der Waals surface area contributed by atoms with Crippen LogP contribution in [-0.2, 0) is 9.53 Å². The first-order chi connectivity index (χ1) is 14.3. The Morgan fingerprint density at radius 1 is 1.03 bits per heavy atom. The monoisotopic (exact) mass is 426 g/mol. The van der Waals surface area contributed by atoms with E-state index >= 15 is 0 Å². The first-order valence-corrected chi connectivity index (χ1v) is 11.7. The van der Waals surface area contributed by atoms with Gasteiger partial charge in [-0.3, -0.25) is 0 Å². The SMILES string of the molecule is CC.Cc1ccc(SCC(C)C2CC(O)=C(c3c(C)cc(C)cc3C)C(=O)O2)cc1. The number of aliphatic hydroxyl groups excluding tert-OH is 1. The maximum absolute atomic E-state index is 12.8. The van der Waals surface area contributed by atoms with Gasteiger partial charge in [-0.15, -0.1) is 11.8 Å². The van der Waals surface area contributed by atoms with Gasteiger partial charge in [0.2, 0.25) is 0 Å². The number of esters is 1. The zero-order chi connectivity index (χ0) is 22.4. The lowest BCUT2D eigenvalue weighted by Crippen LogP contribution is -2.32. The predicted octanol–water partition coefficient (Wildman–Crippen LogP) is 6.96. The van der Waals surface area contributed by atoms with Crippen LogP contribution in [0.5, 0.6) is 0 Å². The number of cyclic esters (lactones) is 1. The number of aryl methyl sites for hydroxylation is 4. The fourth-order valence-corrected chi connectivity index (χ4v) is 4.75. The summed E-state index contributed by atoms with van der Waals surface area (Å²) in [5.41, 5.74) is 5.47. The van der Waals surface area contributed by atoms with Crippen LogP contribution in [0.15, 0.2) is 47.1 Å². The highest BCUT2D eigenvalue weighted by molar-refractivity contribution is 7.99. The lowest BCUT2D eigenvalue weighted by atomic mass is 9.89. The zero-order valence-electron chi connectivity index (χ0n) is 19.2. The van der Waals surface area contributed by atoms with Crippen molar-refractivity contribution in [2.75, 3.05) is 5.75 Å². The van der Waals surface area contributed by atoms with Crippen LogP contribution in [0.2, 0.25) is 0 Å². The van der Waals surface area contributed by atoms with Crippen LogP contribution in [0.25, 0.3) is 5.57 Å². The normalized spacial score (nSPS) is 17.2. The molecule has 1 N–H and O–H groups in total. The highest BCUT2D eigenvalue weighted by Gasteiger charge is 2.34. The van der Waals surface area contributed by atoms with Crippen molar-refractivity contribution in [2.24, 2.45) is 5.92 Å². The molecule has 3 nitrogen and oxygen atoms in total. The van der Waals surface area contributed by atoms with Gasteiger partial charge in [0.05, 0.1) is 0 Å². The Kier molecular flexibility index (Phi) is 8.60. The predicted molar refractivity (Wildman–Crippen MR) is 127 cm³/mol. The summed E-state index contributed by atoms with van der Waals surface area (Å²) in [6, 6.07) is 12.5. The molecule has 3 rings (SSSR count). The van der Waals surface area contributed by atoms with Crippen molar-refractivity contribution in [1.29, 1.82) is 0 Å². The third-order valence-electron chi connectivity index (χ3n) is 5.24. The Hall–Kier alpha value is -2.20. The summed E-state index contributed by atoms with van der Waals surface area (Å²) in [7, 11) is 0. The molecule has 1 heterocycles. The number of carbonyl (C=O) groups excluding carboxylic acids is 1. The Bertz CT molecular complexity index is 889. The van der Waals surface area contributed by atoms with E-state index in [-0.39, 0.29) is 17.8 Å². The minimum Gasteiger partial charge on any atom is -0.511 e. The van der Waals surface area contributed by atoms with Crippen LogP contribution in [-0.4, -0.2) is 22.9 Å². The Morgan fingerprint density at radius 3 is 2.13 bits per heavy atom. The molecule has 1 aliphatic heterocycles. The van der Waals surface area contributed by atoms with E-state index in [1.165, 1.54) is 10.5 Å². The fourth-order valence-electron chi connectivity index (χ4n) is 3.76.